The summed E-state index contributed by atoms with van der Waals surface area (Å²) in [5.41, 5.74) is 11.4. The lowest BCUT2D eigenvalue weighted by atomic mass is 10.1. The van der Waals surface area contributed by atoms with Gasteiger partial charge in [0.2, 0.25) is 0 Å². The van der Waals surface area contributed by atoms with Crippen molar-refractivity contribution in [1.29, 1.82) is 0 Å². The molecular formula is C19H19ClN4S. The summed E-state index contributed by atoms with van der Waals surface area (Å²) >= 11 is 8.10. The SMILES string of the molecule is Cc1cnc(-c2cc(N3CCc4cc(N)sc4C3)ncc2Cl)c(C)c1. The van der Waals surface area contributed by atoms with E-state index in [4.69, 9.17) is 17.3 Å². The summed E-state index contributed by atoms with van der Waals surface area (Å²) in [6.07, 6.45) is 4.59. The number of anilines is 2. The monoisotopic (exact) mass is 370 g/mol. The molecule has 3 aromatic rings. The van der Waals surface area contributed by atoms with Crippen molar-refractivity contribution in [3.8, 4) is 11.3 Å². The van der Waals surface area contributed by atoms with E-state index in [1.54, 1.807) is 17.5 Å². The molecule has 0 spiro atoms. The minimum Gasteiger partial charge on any atom is -0.391 e. The molecule has 25 heavy (non-hydrogen) atoms. The Morgan fingerprint density at radius 2 is 2.00 bits per heavy atom. The first-order valence-corrected chi connectivity index (χ1v) is 9.42. The van der Waals surface area contributed by atoms with Gasteiger partial charge in [-0.2, -0.15) is 0 Å². The second-order valence-corrected chi connectivity index (χ2v) is 8.04. The molecule has 0 aliphatic carbocycles. The molecule has 0 bridgehead atoms. The van der Waals surface area contributed by atoms with Crippen molar-refractivity contribution in [3.05, 3.63) is 57.2 Å². The van der Waals surface area contributed by atoms with Gasteiger partial charge in [-0.25, -0.2) is 4.98 Å². The standard InChI is InChI=1S/C19H19ClN4S/c1-11-5-12(2)19(23-8-11)14-7-18(22-9-15(14)20)24-4-3-13-6-17(21)25-16(13)10-24/h5-9H,3-4,10,21H2,1-2H3. The molecule has 0 fully saturated rings. The van der Waals surface area contributed by atoms with Gasteiger partial charge in [-0.1, -0.05) is 17.7 Å². The fraction of sp³-hybridized carbons (Fsp3) is 0.263. The Hall–Kier alpha value is -2.11. The number of nitrogens with zero attached hydrogens (tertiary/aromatic N) is 3. The quantitative estimate of drug-likeness (QED) is 0.715. The van der Waals surface area contributed by atoms with Gasteiger partial charge in [0, 0.05) is 29.4 Å². The van der Waals surface area contributed by atoms with Gasteiger partial charge >= 0.3 is 0 Å². The normalized spacial score (nSPS) is 13.8. The number of nitrogen functional groups attached to an aromatic ring is 1. The van der Waals surface area contributed by atoms with E-state index < -0.39 is 0 Å². The Labute approximate surface area is 156 Å². The minimum absolute atomic E-state index is 0.626. The Bertz CT molecular complexity index is 951. The average Bonchev–Trinajstić information content (AvgIpc) is 2.95. The molecule has 128 valence electrons. The zero-order valence-electron chi connectivity index (χ0n) is 14.2. The van der Waals surface area contributed by atoms with Crippen LogP contribution >= 0.6 is 22.9 Å². The van der Waals surface area contributed by atoms with Crippen molar-refractivity contribution in [2.75, 3.05) is 17.2 Å². The Kier molecular flexibility index (Phi) is 4.13. The Balaban J connectivity index is 1.70. The highest BCUT2D eigenvalue weighted by atomic mass is 35.5. The van der Waals surface area contributed by atoms with E-state index in [-0.39, 0.29) is 0 Å². The average molecular weight is 371 g/mol. The third-order valence-electron chi connectivity index (χ3n) is 4.54. The van der Waals surface area contributed by atoms with Gasteiger partial charge in [0.25, 0.3) is 0 Å². The van der Waals surface area contributed by atoms with Crippen LogP contribution in [0.2, 0.25) is 5.02 Å². The molecule has 0 unspecified atom stereocenters. The fourth-order valence-electron chi connectivity index (χ4n) is 3.32. The van der Waals surface area contributed by atoms with Crippen LogP contribution in [0.3, 0.4) is 0 Å². The first-order valence-electron chi connectivity index (χ1n) is 8.22. The maximum absolute atomic E-state index is 6.43. The second kappa shape index (κ2) is 6.32. The van der Waals surface area contributed by atoms with E-state index >= 15 is 0 Å². The number of hydrogen-bond acceptors (Lipinski definition) is 5. The largest absolute Gasteiger partial charge is 0.391 e. The van der Waals surface area contributed by atoms with Crippen LogP contribution in [0, 0.1) is 13.8 Å². The highest BCUT2D eigenvalue weighted by molar-refractivity contribution is 7.16. The van der Waals surface area contributed by atoms with Gasteiger partial charge in [0.05, 0.1) is 22.3 Å². The number of rotatable bonds is 2. The van der Waals surface area contributed by atoms with E-state index in [1.807, 2.05) is 13.1 Å². The van der Waals surface area contributed by atoms with Crippen LogP contribution in [-0.2, 0) is 13.0 Å². The summed E-state index contributed by atoms with van der Waals surface area (Å²) in [5, 5.41) is 1.51. The van der Waals surface area contributed by atoms with E-state index in [9.17, 15) is 0 Å². The zero-order valence-corrected chi connectivity index (χ0v) is 15.8. The van der Waals surface area contributed by atoms with E-state index in [2.05, 4.69) is 40.0 Å². The molecule has 4 nitrogen and oxygen atoms in total. The lowest BCUT2D eigenvalue weighted by Gasteiger charge is -2.28. The molecule has 0 atom stereocenters. The first-order chi connectivity index (χ1) is 12.0. The number of thiophene rings is 1. The second-order valence-electron chi connectivity index (χ2n) is 6.47. The third kappa shape index (κ3) is 3.10. The molecule has 6 heteroatoms. The highest BCUT2D eigenvalue weighted by Gasteiger charge is 2.21. The lowest BCUT2D eigenvalue weighted by Crippen LogP contribution is -2.30. The number of aromatic nitrogens is 2. The number of fused-ring (bicyclic) bond motifs is 1. The number of pyridine rings is 2. The summed E-state index contributed by atoms with van der Waals surface area (Å²) in [6, 6.07) is 6.27. The van der Waals surface area contributed by atoms with Crippen LogP contribution < -0.4 is 10.6 Å². The highest BCUT2D eigenvalue weighted by Crippen LogP contribution is 2.35. The maximum atomic E-state index is 6.43. The van der Waals surface area contributed by atoms with Gasteiger partial charge < -0.3 is 10.6 Å². The van der Waals surface area contributed by atoms with Gasteiger partial charge in [0.15, 0.2) is 0 Å². The predicted molar refractivity (Wildman–Crippen MR) is 105 cm³/mol. The van der Waals surface area contributed by atoms with E-state index in [0.717, 1.165) is 52.7 Å². The molecule has 1 aliphatic heterocycles. The minimum atomic E-state index is 0.626. The number of nitrogens with two attached hydrogens (primary N) is 1. The van der Waals surface area contributed by atoms with Crippen molar-refractivity contribution >= 4 is 33.8 Å². The summed E-state index contributed by atoms with van der Waals surface area (Å²) < 4.78 is 0. The smallest absolute Gasteiger partial charge is 0.129 e. The Morgan fingerprint density at radius 1 is 1.16 bits per heavy atom. The topological polar surface area (TPSA) is 55.0 Å². The maximum Gasteiger partial charge on any atom is 0.129 e. The van der Waals surface area contributed by atoms with Gasteiger partial charge in [0.1, 0.15) is 5.82 Å². The van der Waals surface area contributed by atoms with Crippen LogP contribution in [-0.4, -0.2) is 16.5 Å². The van der Waals surface area contributed by atoms with Crippen molar-refractivity contribution in [2.24, 2.45) is 0 Å². The fourth-order valence-corrected chi connectivity index (χ4v) is 4.51. The first kappa shape index (κ1) is 16.4. The molecule has 0 amide bonds. The molecular weight excluding hydrogens is 352 g/mol. The van der Waals surface area contributed by atoms with E-state index in [0.29, 0.717) is 5.02 Å². The van der Waals surface area contributed by atoms with Crippen molar-refractivity contribution < 1.29 is 0 Å². The van der Waals surface area contributed by atoms with Gasteiger partial charge in [-0.05, 0) is 49.1 Å². The molecule has 2 N–H and O–H groups in total. The van der Waals surface area contributed by atoms with Crippen LogP contribution in [0.4, 0.5) is 10.8 Å². The van der Waals surface area contributed by atoms with Crippen molar-refractivity contribution in [2.45, 2.75) is 26.8 Å². The molecule has 0 radical (unpaired) electrons. The predicted octanol–water partition coefficient (Wildman–Crippen LogP) is 4.62. The molecule has 0 saturated heterocycles. The molecule has 4 rings (SSSR count). The van der Waals surface area contributed by atoms with Crippen LogP contribution in [0.1, 0.15) is 21.6 Å². The van der Waals surface area contributed by atoms with Crippen LogP contribution in [0.25, 0.3) is 11.3 Å². The molecule has 3 aromatic heterocycles. The zero-order chi connectivity index (χ0) is 17.6. The van der Waals surface area contributed by atoms with E-state index in [1.165, 1.54) is 10.4 Å². The molecule has 1 aliphatic rings. The van der Waals surface area contributed by atoms with Crippen LogP contribution in [0.15, 0.2) is 30.6 Å². The Morgan fingerprint density at radius 3 is 2.80 bits per heavy atom. The van der Waals surface area contributed by atoms with Gasteiger partial charge in [-0.3, -0.25) is 4.98 Å². The van der Waals surface area contributed by atoms with Crippen molar-refractivity contribution in [3.63, 3.8) is 0 Å². The van der Waals surface area contributed by atoms with Gasteiger partial charge in [-0.15, -0.1) is 11.3 Å². The van der Waals surface area contributed by atoms with Crippen LogP contribution in [0.5, 0.6) is 0 Å². The number of hydrogen-bond donors (Lipinski definition) is 1. The molecule has 0 aromatic carbocycles. The third-order valence-corrected chi connectivity index (χ3v) is 5.83. The number of aryl methyl sites for hydroxylation is 2. The summed E-state index contributed by atoms with van der Waals surface area (Å²) in [4.78, 5) is 12.7. The molecule has 4 heterocycles. The summed E-state index contributed by atoms with van der Waals surface area (Å²) in [5.74, 6) is 0.929. The summed E-state index contributed by atoms with van der Waals surface area (Å²) in [6.45, 7) is 5.87. The van der Waals surface area contributed by atoms with Crippen molar-refractivity contribution in [1.82, 2.24) is 9.97 Å². The molecule has 0 saturated carbocycles. The number of halogens is 1. The summed E-state index contributed by atoms with van der Waals surface area (Å²) in [7, 11) is 0. The lowest BCUT2D eigenvalue weighted by molar-refractivity contribution is 0.733.